The van der Waals surface area contributed by atoms with Crippen LogP contribution in [0.1, 0.15) is 25.7 Å². The molecule has 2 aromatic rings. The molecule has 2 atom stereocenters. The van der Waals surface area contributed by atoms with Crippen LogP contribution in [0.2, 0.25) is 0 Å². The summed E-state index contributed by atoms with van der Waals surface area (Å²) in [6.07, 6.45) is 4.69. The first-order chi connectivity index (χ1) is 8.81. The minimum atomic E-state index is 0.350. The molecule has 0 amide bonds. The van der Waals surface area contributed by atoms with Crippen molar-refractivity contribution in [3.05, 3.63) is 24.3 Å². The Kier molecular flexibility index (Phi) is 2.31. The lowest BCUT2D eigenvalue weighted by atomic mass is 10.0. The fourth-order valence-corrected chi connectivity index (χ4v) is 3.93. The minimum absolute atomic E-state index is 0.350. The maximum Gasteiger partial charge on any atom is 0.204 e. The number of anilines is 1. The number of nitrogens with zero attached hydrogens (tertiary/aromatic N) is 2. The normalized spacial score (nSPS) is 31.2. The van der Waals surface area contributed by atoms with E-state index in [1.807, 2.05) is 12.1 Å². The number of fused-ring (bicyclic) bond motifs is 3. The molecule has 4 rings (SSSR count). The summed E-state index contributed by atoms with van der Waals surface area (Å²) in [6.45, 7) is 0. The summed E-state index contributed by atoms with van der Waals surface area (Å²) in [5.41, 5.74) is 2.18. The van der Waals surface area contributed by atoms with E-state index in [0.29, 0.717) is 17.5 Å². The Morgan fingerprint density at radius 1 is 1.17 bits per heavy atom. The number of piperidine rings is 1. The lowest BCUT2D eigenvalue weighted by Gasteiger charge is -2.36. The highest BCUT2D eigenvalue weighted by Gasteiger charge is 2.41. The summed E-state index contributed by atoms with van der Waals surface area (Å²) in [6, 6.07) is 9.38. The molecular formula is C14H16ClN3. The van der Waals surface area contributed by atoms with Gasteiger partial charge in [-0.3, -0.25) is 0 Å². The molecule has 1 aromatic heterocycles. The average molecular weight is 262 g/mol. The highest BCUT2D eigenvalue weighted by atomic mass is 35.5. The van der Waals surface area contributed by atoms with E-state index < -0.39 is 0 Å². The van der Waals surface area contributed by atoms with Gasteiger partial charge in [0.15, 0.2) is 0 Å². The topological polar surface area (TPSA) is 31.9 Å². The Hall–Kier alpha value is -1.22. The molecule has 3 nitrogen and oxygen atoms in total. The minimum Gasteiger partial charge on any atom is -0.336 e. The van der Waals surface area contributed by atoms with Crippen LogP contribution < -0.4 is 4.90 Å². The van der Waals surface area contributed by atoms with Crippen molar-refractivity contribution in [1.82, 2.24) is 9.97 Å². The summed E-state index contributed by atoms with van der Waals surface area (Å²) in [4.78, 5) is 10.7. The molecule has 3 heterocycles. The predicted octanol–water partition coefficient (Wildman–Crippen LogP) is 3.30. The van der Waals surface area contributed by atoms with Crippen molar-refractivity contribution in [1.29, 1.82) is 0 Å². The van der Waals surface area contributed by atoms with E-state index in [1.54, 1.807) is 0 Å². The van der Waals surface area contributed by atoms with Crippen LogP contribution in [-0.4, -0.2) is 27.4 Å². The van der Waals surface area contributed by atoms with Crippen molar-refractivity contribution in [3.63, 3.8) is 0 Å². The maximum absolute atomic E-state index is 6.32. The Morgan fingerprint density at radius 2 is 1.89 bits per heavy atom. The molecule has 2 saturated heterocycles. The van der Waals surface area contributed by atoms with Crippen LogP contribution >= 0.6 is 11.6 Å². The van der Waals surface area contributed by atoms with Crippen LogP contribution in [0.5, 0.6) is 0 Å². The number of hydrogen-bond acceptors (Lipinski definition) is 2. The van der Waals surface area contributed by atoms with Gasteiger partial charge in [0, 0.05) is 17.5 Å². The van der Waals surface area contributed by atoms with Crippen molar-refractivity contribution in [2.45, 2.75) is 43.1 Å². The van der Waals surface area contributed by atoms with Gasteiger partial charge in [-0.2, -0.15) is 0 Å². The number of aromatic amines is 1. The molecule has 4 heteroatoms. The van der Waals surface area contributed by atoms with E-state index in [4.69, 9.17) is 16.6 Å². The number of aromatic nitrogens is 2. The second-order valence-corrected chi connectivity index (χ2v) is 6.06. The third-order valence-electron chi connectivity index (χ3n) is 4.30. The van der Waals surface area contributed by atoms with Gasteiger partial charge in [-0.1, -0.05) is 12.1 Å². The summed E-state index contributed by atoms with van der Waals surface area (Å²) in [5, 5.41) is 0.350. The molecule has 1 aromatic carbocycles. The number of alkyl halides is 1. The van der Waals surface area contributed by atoms with Gasteiger partial charge in [-0.05, 0) is 37.8 Å². The van der Waals surface area contributed by atoms with Crippen LogP contribution in [0.15, 0.2) is 24.3 Å². The Bertz CT molecular complexity index is 532. The third kappa shape index (κ3) is 1.53. The zero-order valence-electron chi connectivity index (χ0n) is 10.1. The molecule has 1 N–H and O–H groups in total. The lowest BCUT2D eigenvalue weighted by Crippen LogP contribution is -2.44. The number of H-pyrrole nitrogens is 1. The van der Waals surface area contributed by atoms with Crippen LogP contribution in [-0.2, 0) is 0 Å². The number of benzene rings is 1. The van der Waals surface area contributed by atoms with Crippen molar-refractivity contribution in [2.24, 2.45) is 0 Å². The van der Waals surface area contributed by atoms with E-state index >= 15 is 0 Å². The number of rotatable bonds is 1. The highest BCUT2D eigenvalue weighted by molar-refractivity contribution is 6.20. The average Bonchev–Trinajstić information content (AvgIpc) is 2.88. The quantitative estimate of drug-likeness (QED) is 0.799. The summed E-state index contributed by atoms with van der Waals surface area (Å²) in [5.74, 6) is 1.03. The summed E-state index contributed by atoms with van der Waals surface area (Å²) >= 11 is 6.32. The van der Waals surface area contributed by atoms with E-state index in [1.165, 1.54) is 12.8 Å². The molecular weight excluding hydrogens is 246 g/mol. The van der Waals surface area contributed by atoms with Crippen LogP contribution in [0.25, 0.3) is 11.0 Å². The predicted molar refractivity (Wildman–Crippen MR) is 74.3 cm³/mol. The Morgan fingerprint density at radius 3 is 2.61 bits per heavy atom. The van der Waals surface area contributed by atoms with Gasteiger partial charge in [-0.25, -0.2) is 4.98 Å². The smallest absolute Gasteiger partial charge is 0.204 e. The molecule has 2 fully saturated rings. The van der Waals surface area contributed by atoms with Crippen LogP contribution in [0, 0.1) is 0 Å². The van der Waals surface area contributed by atoms with Gasteiger partial charge in [-0.15, -0.1) is 11.6 Å². The zero-order valence-corrected chi connectivity index (χ0v) is 10.9. The molecule has 18 heavy (non-hydrogen) atoms. The standard InChI is InChI=1S/C14H16ClN3/c15-9-7-10-5-6-11(8-9)18(10)14-16-12-3-1-2-4-13(12)17-14/h1-4,9-11H,5-8H2,(H,16,17). The van der Waals surface area contributed by atoms with Gasteiger partial charge in [0.25, 0.3) is 0 Å². The Labute approximate surface area is 111 Å². The van der Waals surface area contributed by atoms with Crippen molar-refractivity contribution in [2.75, 3.05) is 4.90 Å². The SMILES string of the molecule is ClC1CC2CCC(C1)N2c1nc2ccccc2[nH]1. The molecule has 2 aliphatic heterocycles. The molecule has 2 bridgehead atoms. The van der Waals surface area contributed by atoms with Crippen molar-refractivity contribution < 1.29 is 0 Å². The molecule has 94 valence electrons. The van der Waals surface area contributed by atoms with Gasteiger partial charge >= 0.3 is 0 Å². The zero-order chi connectivity index (χ0) is 12.1. The summed E-state index contributed by atoms with van der Waals surface area (Å²) in [7, 11) is 0. The number of halogens is 1. The molecule has 0 saturated carbocycles. The van der Waals surface area contributed by atoms with Crippen LogP contribution in [0.4, 0.5) is 5.95 Å². The van der Waals surface area contributed by atoms with Gasteiger partial charge in [0.2, 0.25) is 5.95 Å². The fraction of sp³-hybridized carbons (Fsp3) is 0.500. The Balaban J connectivity index is 1.74. The second-order valence-electron chi connectivity index (χ2n) is 5.44. The van der Waals surface area contributed by atoms with E-state index in [0.717, 1.165) is 29.8 Å². The lowest BCUT2D eigenvalue weighted by molar-refractivity contribution is 0.468. The number of imidazole rings is 1. The van der Waals surface area contributed by atoms with E-state index in [-0.39, 0.29) is 0 Å². The number of hydrogen-bond donors (Lipinski definition) is 1. The van der Waals surface area contributed by atoms with Gasteiger partial charge < -0.3 is 9.88 Å². The summed E-state index contributed by atoms with van der Waals surface area (Å²) < 4.78 is 0. The molecule has 0 radical (unpaired) electrons. The second kappa shape index (κ2) is 3.89. The largest absolute Gasteiger partial charge is 0.336 e. The van der Waals surface area contributed by atoms with Gasteiger partial charge in [0.1, 0.15) is 0 Å². The number of nitrogens with one attached hydrogen (secondary N) is 1. The van der Waals surface area contributed by atoms with E-state index in [9.17, 15) is 0 Å². The van der Waals surface area contributed by atoms with E-state index in [2.05, 4.69) is 22.0 Å². The first kappa shape index (κ1) is 10.7. The molecule has 2 unspecified atom stereocenters. The van der Waals surface area contributed by atoms with Crippen molar-refractivity contribution >= 4 is 28.6 Å². The van der Waals surface area contributed by atoms with Crippen molar-refractivity contribution in [3.8, 4) is 0 Å². The number of para-hydroxylation sites is 2. The fourth-order valence-electron chi connectivity index (χ4n) is 3.52. The first-order valence-corrected chi connectivity index (χ1v) is 7.12. The molecule has 0 aliphatic carbocycles. The molecule has 0 spiro atoms. The maximum atomic E-state index is 6.32. The van der Waals surface area contributed by atoms with Gasteiger partial charge in [0.05, 0.1) is 11.0 Å². The first-order valence-electron chi connectivity index (χ1n) is 6.68. The van der Waals surface area contributed by atoms with Crippen LogP contribution in [0.3, 0.4) is 0 Å². The highest BCUT2D eigenvalue weighted by Crippen LogP contribution is 2.40. The third-order valence-corrected chi connectivity index (χ3v) is 4.65. The monoisotopic (exact) mass is 261 g/mol. The molecule has 2 aliphatic rings.